The summed E-state index contributed by atoms with van der Waals surface area (Å²) in [6.45, 7) is 3.25. The topological polar surface area (TPSA) is 75.0 Å². The lowest BCUT2D eigenvalue weighted by Gasteiger charge is -2.14. The summed E-state index contributed by atoms with van der Waals surface area (Å²) in [4.78, 5) is 13.7. The molecule has 0 bridgehead atoms. The first-order valence-electron chi connectivity index (χ1n) is 4.73. The Bertz CT molecular complexity index is 346. The van der Waals surface area contributed by atoms with Gasteiger partial charge in [0, 0.05) is 24.8 Å². The fourth-order valence-electron chi connectivity index (χ4n) is 1.71. The molecule has 2 heterocycles. The Morgan fingerprint density at radius 1 is 1.79 bits per heavy atom. The Morgan fingerprint density at radius 2 is 2.57 bits per heavy atom. The normalized spacial score (nSPS) is 21.6. The number of hydrogen-bond donors (Lipinski definition) is 2. The highest BCUT2D eigenvalue weighted by Crippen LogP contribution is 2.13. The molecule has 1 aromatic rings. The van der Waals surface area contributed by atoms with Gasteiger partial charge in [-0.15, -0.1) is 0 Å². The van der Waals surface area contributed by atoms with Crippen molar-refractivity contribution in [1.29, 1.82) is 0 Å². The van der Waals surface area contributed by atoms with E-state index < -0.39 is 0 Å². The zero-order valence-electron chi connectivity index (χ0n) is 8.16. The summed E-state index contributed by atoms with van der Waals surface area (Å²) in [7, 11) is 0. The van der Waals surface area contributed by atoms with Gasteiger partial charge in [0.2, 0.25) is 0 Å². The monoisotopic (exact) mass is 194 g/mol. The number of H-pyrrole nitrogens is 1. The van der Waals surface area contributed by atoms with Crippen LogP contribution in [0.25, 0.3) is 0 Å². The predicted octanol–water partition coefficient (Wildman–Crippen LogP) is -0.109. The Balaban J connectivity index is 2.13. The molecule has 76 valence electrons. The molecule has 14 heavy (non-hydrogen) atoms. The second-order valence-electron chi connectivity index (χ2n) is 3.71. The minimum atomic E-state index is 0.0317. The largest absolute Gasteiger partial charge is 0.337 e. The summed E-state index contributed by atoms with van der Waals surface area (Å²) in [5.41, 5.74) is 7.20. The number of carbonyl (C=O) groups is 1. The van der Waals surface area contributed by atoms with Gasteiger partial charge in [0.1, 0.15) is 0 Å². The maximum Gasteiger partial charge on any atom is 0.257 e. The third-order valence-electron chi connectivity index (χ3n) is 2.57. The maximum absolute atomic E-state index is 11.9. The zero-order chi connectivity index (χ0) is 10.1. The van der Waals surface area contributed by atoms with Crippen molar-refractivity contribution in [2.24, 2.45) is 5.73 Å². The Hall–Kier alpha value is -1.36. The summed E-state index contributed by atoms with van der Waals surface area (Å²) < 4.78 is 0. The third-order valence-corrected chi connectivity index (χ3v) is 2.57. The molecule has 1 amide bonds. The number of nitrogens with zero attached hydrogens (tertiary/aromatic N) is 2. The molecule has 1 fully saturated rings. The van der Waals surface area contributed by atoms with Gasteiger partial charge in [0.25, 0.3) is 5.91 Å². The molecule has 0 aliphatic carbocycles. The summed E-state index contributed by atoms with van der Waals surface area (Å²) >= 11 is 0. The van der Waals surface area contributed by atoms with Gasteiger partial charge in [0.05, 0.1) is 11.8 Å². The minimum absolute atomic E-state index is 0.0317. The number of aromatic nitrogens is 2. The summed E-state index contributed by atoms with van der Waals surface area (Å²) in [6.07, 6.45) is 2.46. The lowest BCUT2D eigenvalue weighted by molar-refractivity contribution is 0.0790. The molecule has 1 aliphatic heterocycles. The third kappa shape index (κ3) is 1.50. The second-order valence-corrected chi connectivity index (χ2v) is 3.71. The molecule has 1 aromatic heterocycles. The van der Waals surface area contributed by atoms with E-state index in [2.05, 4.69) is 10.2 Å². The predicted molar refractivity (Wildman–Crippen MR) is 51.8 cm³/mol. The molecule has 0 spiro atoms. The molecule has 5 nitrogen and oxygen atoms in total. The molecule has 5 heteroatoms. The van der Waals surface area contributed by atoms with Crippen molar-refractivity contribution in [2.75, 3.05) is 13.1 Å². The first-order valence-corrected chi connectivity index (χ1v) is 4.73. The van der Waals surface area contributed by atoms with Gasteiger partial charge >= 0.3 is 0 Å². The minimum Gasteiger partial charge on any atom is -0.337 e. The van der Waals surface area contributed by atoms with Crippen molar-refractivity contribution in [3.8, 4) is 0 Å². The van der Waals surface area contributed by atoms with E-state index in [0.717, 1.165) is 18.7 Å². The summed E-state index contributed by atoms with van der Waals surface area (Å²) in [5, 5.41) is 6.58. The number of rotatable bonds is 1. The van der Waals surface area contributed by atoms with Gasteiger partial charge in [-0.25, -0.2) is 0 Å². The van der Waals surface area contributed by atoms with Gasteiger partial charge in [-0.2, -0.15) is 5.10 Å². The van der Waals surface area contributed by atoms with Gasteiger partial charge in [-0.05, 0) is 13.3 Å². The van der Waals surface area contributed by atoms with E-state index in [1.165, 1.54) is 0 Å². The number of hydrogen-bond acceptors (Lipinski definition) is 3. The molecule has 1 aliphatic rings. The van der Waals surface area contributed by atoms with E-state index in [4.69, 9.17) is 5.73 Å². The van der Waals surface area contributed by atoms with Crippen LogP contribution in [0.15, 0.2) is 6.20 Å². The molecule has 2 rings (SSSR count). The van der Waals surface area contributed by atoms with Crippen LogP contribution in [0.2, 0.25) is 0 Å². The van der Waals surface area contributed by atoms with Gasteiger partial charge in [-0.1, -0.05) is 0 Å². The molecule has 1 atom stereocenters. The van der Waals surface area contributed by atoms with E-state index in [9.17, 15) is 4.79 Å². The van der Waals surface area contributed by atoms with E-state index >= 15 is 0 Å². The smallest absolute Gasteiger partial charge is 0.257 e. The molecular weight excluding hydrogens is 180 g/mol. The maximum atomic E-state index is 11.9. The van der Waals surface area contributed by atoms with E-state index in [-0.39, 0.29) is 11.9 Å². The highest BCUT2D eigenvalue weighted by molar-refractivity contribution is 5.95. The van der Waals surface area contributed by atoms with Crippen LogP contribution < -0.4 is 5.73 Å². The van der Waals surface area contributed by atoms with E-state index in [1.807, 2.05) is 6.92 Å². The standard InChI is InChI=1S/C9H14N4O/c1-6-8(4-11-12-6)9(14)13-3-2-7(10)5-13/h4,7H,2-3,5,10H2,1H3,(H,11,12)/t7-/m1/s1. The number of likely N-dealkylation sites (tertiary alicyclic amines) is 1. The van der Waals surface area contributed by atoms with Crippen molar-refractivity contribution in [3.63, 3.8) is 0 Å². The molecule has 0 unspecified atom stereocenters. The SMILES string of the molecule is Cc1[nH]ncc1C(=O)N1CC[C@@H](N)C1. The highest BCUT2D eigenvalue weighted by atomic mass is 16.2. The second kappa shape index (κ2) is 3.42. The fraction of sp³-hybridized carbons (Fsp3) is 0.556. The Morgan fingerprint density at radius 3 is 3.07 bits per heavy atom. The first kappa shape index (κ1) is 9.21. The number of carbonyl (C=O) groups excluding carboxylic acids is 1. The molecular formula is C9H14N4O. The van der Waals surface area contributed by atoms with Gasteiger partial charge in [-0.3, -0.25) is 9.89 Å². The number of nitrogens with two attached hydrogens (primary N) is 1. The van der Waals surface area contributed by atoms with E-state index in [1.54, 1.807) is 11.1 Å². The van der Waals surface area contributed by atoms with Crippen molar-refractivity contribution < 1.29 is 4.79 Å². The van der Waals surface area contributed by atoms with Crippen LogP contribution in [0.5, 0.6) is 0 Å². The van der Waals surface area contributed by atoms with Crippen LogP contribution in [-0.4, -0.2) is 40.1 Å². The number of aryl methyl sites for hydroxylation is 1. The van der Waals surface area contributed by atoms with Crippen molar-refractivity contribution in [2.45, 2.75) is 19.4 Å². The number of nitrogens with one attached hydrogen (secondary N) is 1. The molecule has 0 aromatic carbocycles. The van der Waals surface area contributed by atoms with Crippen LogP contribution >= 0.6 is 0 Å². The quantitative estimate of drug-likeness (QED) is 0.655. The Labute approximate surface area is 82.3 Å². The van der Waals surface area contributed by atoms with Crippen molar-refractivity contribution in [3.05, 3.63) is 17.5 Å². The number of aromatic amines is 1. The van der Waals surface area contributed by atoms with Crippen LogP contribution in [-0.2, 0) is 0 Å². The fourth-order valence-corrected chi connectivity index (χ4v) is 1.71. The lowest BCUT2D eigenvalue weighted by Crippen LogP contribution is -2.32. The van der Waals surface area contributed by atoms with Crippen LogP contribution in [0, 0.1) is 6.92 Å². The highest BCUT2D eigenvalue weighted by Gasteiger charge is 2.25. The molecule has 1 saturated heterocycles. The Kier molecular flexibility index (Phi) is 2.25. The number of amides is 1. The van der Waals surface area contributed by atoms with Crippen LogP contribution in [0.3, 0.4) is 0 Å². The average molecular weight is 194 g/mol. The molecule has 0 radical (unpaired) electrons. The van der Waals surface area contributed by atoms with Gasteiger partial charge < -0.3 is 10.6 Å². The van der Waals surface area contributed by atoms with Crippen molar-refractivity contribution >= 4 is 5.91 Å². The van der Waals surface area contributed by atoms with Crippen molar-refractivity contribution in [1.82, 2.24) is 15.1 Å². The average Bonchev–Trinajstić information content (AvgIpc) is 2.73. The molecule has 3 N–H and O–H groups in total. The summed E-state index contributed by atoms with van der Waals surface area (Å²) in [6, 6.07) is 0.131. The molecule has 0 saturated carbocycles. The van der Waals surface area contributed by atoms with Crippen LogP contribution in [0.4, 0.5) is 0 Å². The van der Waals surface area contributed by atoms with Gasteiger partial charge in [0.15, 0.2) is 0 Å². The lowest BCUT2D eigenvalue weighted by atomic mass is 10.2. The first-order chi connectivity index (χ1) is 6.68. The van der Waals surface area contributed by atoms with E-state index in [0.29, 0.717) is 12.1 Å². The zero-order valence-corrected chi connectivity index (χ0v) is 8.16. The summed E-state index contributed by atoms with van der Waals surface area (Å²) in [5.74, 6) is 0.0317. The van der Waals surface area contributed by atoms with Crippen LogP contribution in [0.1, 0.15) is 22.5 Å².